The molecular formula is C14H22N3O2+. The van der Waals surface area contributed by atoms with E-state index in [1.165, 1.54) is 5.56 Å². The summed E-state index contributed by atoms with van der Waals surface area (Å²) in [5.74, 6) is -0.727. The maximum absolute atomic E-state index is 10.6. The number of carbonyl (C=O) groups is 1. The molecule has 2 unspecified atom stereocenters. The SMILES string of the molecule is [NH3+]C1CNC(c2ccccc2)CN1CCCC(=O)O. The van der Waals surface area contributed by atoms with Gasteiger partial charge in [-0.2, -0.15) is 0 Å². The van der Waals surface area contributed by atoms with Crippen molar-refractivity contribution in [3.8, 4) is 0 Å². The second-order valence-corrected chi connectivity index (χ2v) is 5.02. The van der Waals surface area contributed by atoms with Crippen molar-refractivity contribution >= 4 is 5.97 Å². The molecular weight excluding hydrogens is 242 g/mol. The Morgan fingerprint density at radius 3 is 2.84 bits per heavy atom. The Kier molecular flexibility index (Phi) is 4.90. The highest BCUT2D eigenvalue weighted by molar-refractivity contribution is 5.66. The number of hydrogen-bond donors (Lipinski definition) is 3. The molecule has 1 aliphatic rings. The summed E-state index contributed by atoms with van der Waals surface area (Å²) in [6, 6.07) is 10.7. The average molecular weight is 264 g/mol. The first-order valence-corrected chi connectivity index (χ1v) is 6.74. The lowest BCUT2D eigenvalue weighted by atomic mass is 10.0. The van der Waals surface area contributed by atoms with Crippen molar-refractivity contribution in [1.82, 2.24) is 10.2 Å². The average Bonchev–Trinajstić information content (AvgIpc) is 2.41. The van der Waals surface area contributed by atoms with Gasteiger partial charge in [-0.3, -0.25) is 9.69 Å². The van der Waals surface area contributed by atoms with E-state index in [1.54, 1.807) is 0 Å². The lowest BCUT2D eigenvalue weighted by molar-refractivity contribution is -0.460. The van der Waals surface area contributed by atoms with E-state index < -0.39 is 5.97 Å². The molecule has 5 N–H and O–H groups in total. The molecule has 19 heavy (non-hydrogen) atoms. The van der Waals surface area contributed by atoms with Crippen LogP contribution in [0.3, 0.4) is 0 Å². The third-order valence-electron chi connectivity index (χ3n) is 3.57. The summed E-state index contributed by atoms with van der Waals surface area (Å²) in [5.41, 5.74) is 5.40. The topological polar surface area (TPSA) is 80.2 Å². The van der Waals surface area contributed by atoms with Crippen LogP contribution in [0.1, 0.15) is 24.4 Å². The summed E-state index contributed by atoms with van der Waals surface area (Å²) in [6.07, 6.45) is 1.13. The Morgan fingerprint density at radius 2 is 2.16 bits per heavy atom. The molecule has 2 rings (SSSR count). The number of quaternary nitrogens is 1. The van der Waals surface area contributed by atoms with Crippen LogP contribution in [0, 0.1) is 0 Å². The normalized spacial score (nSPS) is 24.3. The highest BCUT2D eigenvalue weighted by Crippen LogP contribution is 2.18. The molecule has 5 heteroatoms. The highest BCUT2D eigenvalue weighted by Gasteiger charge is 2.27. The molecule has 104 valence electrons. The minimum absolute atomic E-state index is 0.216. The van der Waals surface area contributed by atoms with Gasteiger partial charge in [0.25, 0.3) is 0 Å². The van der Waals surface area contributed by atoms with Crippen molar-refractivity contribution in [2.75, 3.05) is 19.6 Å². The van der Waals surface area contributed by atoms with E-state index in [2.05, 4.69) is 28.1 Å². The molecule has 5 nitrogen and oxygen atoms in total. The van der Waals surface area contributed by atoms with Gasteiger partial charge in [-0.1, -0.05) is 30.3 Å². The number of hydrogen-bond acceptors (Lipinski definition) is 3. The first-order chi connectivity index (χ1) is 9.16. The molecule has 0 spiro atoms. The van der Waals surface area contributed by atoms with Crippen molar-refractivity contribution in [3.05, 3.63) is 35.9 Å². The predicted octanol–water partition coefficient (Wildman–Crippen LogP) is 0.0657. The summed E-state index contributed by atoms with van der Waals surface area (Å²) in [6.45, 7) is 2.52. The molecule has 0 bridgehead atoms. The quantitative estimate of drug-likeness (QED) is 0.703. The molecule has 1 fully saturated rings. The Hall–Kier alpha value is -1.43. The van der Waals surface area contributed by atoms with Crippen molar-refractivity contribution < 1.29 is 15.6 Å². The fraction of sp³-hybridized carbons (Fsp3) is 0.500. The third kappa shape index (κ3) is 4.02. The Balaban J connectivity index is 1.90. The van der Waals surface area contributed by atoms with Crippen molar-refractivity contribution in [2.45, 2.75) is 25.0 Å². The monoisotopic (exact) mass is 264 g/mol. The minimum Gasteiger partial charge on any atom is -0.481 e. The molecule has 0 radical (unpaired) electrons. The van der Waals surface area contributed by atoms with Gasteiger partial charge in [0, 0.05) is 25.6 Å². The predicted molar refractivity (Wildman–Crippen MR) is 72.3 cm³/mol. The summed E-state index contributed by atoms with van der Waals surface area (Å²) < 4.78 is 0. The standard InChI is InChI=1S/C14H21N3O2/c15-13-9-16-12(11-5-2-1-3-6-11)10-17(13)8-4-7-14(18)19/h1-3,5-6,12-13,16H,4,7-10,15H2,(H,18,19)/p+1. The summed E-state index contributed by atoms with van der Waals surface area (Å²) in [7, 11) is 0. The van der Waals surface area contributed by atoms with Crippen molar-refractivity contribution in [2.24, 2.45) is 0 Å². The molecule has 2 atom stereocenters. The van der Waals surface area contributed by atoms with Crippen LogP contribution in [0.4, 0.5) is 0 Å². The largest absolute Gasteiger partial charge is 0.481 e. The second-order valence-electron chi connectivity index (χ2n) is 5.02. The van der Waals surface area contributed by atoms with Crippen LogP contribution >= 0.6 is 0 Å². The molecule has 0 amide bonds. The van der Waals surface area contributed by atoms with E-state index in [0.29, 0.717) is 12.5 Å². The van der Waals surface area contributed by atoms with Gasteiger partial charge in [-0.25, -0.2) is 0 Å². The van der Waals surface area contributed by atoms with E-state index in [4.69, 9.17) is 5.11 Å². The lowest BCUT2D eigenvalue weighted by Crippen LogP contribution is -2.75. The zero-order valence-electron chi connectivity index (χ0n) is 11.1. The number of rotatable bonds is 5. The molecule has 0 aliphatic carbocycles. The Labute approximate surface area is 113 Å². The van der Waals surface area contributed by atoms with Gasteiger partial charge >= 0.3 is 5.97 Å². The minimum atomic E-state index is -0.727. The van der Waals surface area contributed by atoms with Gasteiger partial charge in [0.2, 0.25) is 0 Å². The maximum atomic E-state index is 10.6. The van der Waals surface area contributed by atoms with E-state index >= 15 is 0 Å². The van der Waals surface area contributed by atoms with Crippen molar-refractivity contribution in [1.29, 1.82) is 0 Å². The fourth-order valence-electron chi connectivity index (χ4n) is 2.47. The molecule has 1 saturated heterocycles. The van der Waals surface area contributed by atoms with Crippen LogP contribution in [0.15, 0.2) is 30.3 Å². The second kappa shape index (κ2) is 6.65. The third-order valence-corrected chi connectivity index (χ3v) is 3.57. The van der Waals surface area contributed by atoms with E-state index in [9.17, 15) is 4.79 Å². The first kappa shape index (κ1) is 14.0. The van der Waals surface area contributed by atoms with Gasteiger partial charge in [0.05, 0.1) is 6.54 Å². The van der Waals surface area contributed by atoms with Gasteiger partial charge in [-0.15, -0.1) is 0 Å². The summed E-state index contributed by atoms with van der Waals surface area (Å²) >= 11 is 0. The van der Waals surface area contributed by atoms with E-state index in [1.807, 2.05) is 18.2 Å². The number of carboxylic acids is 1. The number of benzene rings is 1. The number of carboxylic acid groups (broad SMARTS) is 1. The maximum Gasteiger partial charge on any atom is 0.303 e. The fourth-order valence-corrected chi connectivity index (χ4v) is 2.47. The molecule has 0 saturated carbocycles. The number of aliphatic carboxylic acids is 1. The lowest BCUT2D eigenvalue weighted by Gasteiger charge is -2.36. The molecule has 0 aromatic heterocycles. The smallest absolute Gasteiger partial charge is 0.303 e. The van der Waals surface area contributed by atoms with Crippen LogP contribution in [0.5, 0.6) is 0 Å². The number of nitrogens with one attached hydrogen (secondary N) is 1. The summed E-state index contributed by atoms with van der Waals surface area (Å²) in [4.78, 5) is 12.8. The first-order valence-electron chi connectivity index (χ1n) is 6.74. The van der Waals surface area contributed by atoms with Crippen LogP contribution in [0.25, 0.3) is 0 Å². The van der Waals surface area contributed by atoms with Gasteiger partial charge in [0.1, 0.15) is 0 Å². The zero-order valence-corrected chi connectivity index (χ0v) is 11.1. The van der Waals surface area contributed by atoms with Gasteiger partial charge in [-0.05, 0) is 12.0 Å². The van der Waals surface area contributed by atoms with E-state index in [-0.39, 0.29) is 12.6 Å². The van der Waals surface area contributed by atoms with Crippen molar-refractivity contribution in [3.63, 3.8) is 0 Å². The molecule has 1 heterocycles. The zero-order chi connectivity index (χ0) is 13.7. The Bertz CT molecular complexity index is 410. The van der Waals surface area contributed by atoms with E-state index in [0.717, 1.165) is 19.6 Å². The van der Waals surface area contributed by atoms with Gasteiger partial charge in [0.15, 0.2) is 6.17 Å². The highest BCUT2D eigenvalue weighted by atomic mass is 16.4. The molecule has 1 aromatic rings. The van der Waals surface area contributed by atoms with Crippen LogP contribution in [0.2, 0.25) is 0 Å². The van der Waals surface area contributed by atoms with Crippen LogP contribution in [-0.4, -0.2) is 41.8 Å². The molecule has 1 aliphatic heterocycles. The van der Waals surface area contributed by atoms with Crippen LogP contribution < -0.4 is 11.1 Å². The number of nitrogens with zero attached hydrogens (tertiary/aromatic N) is 1. The van der Waals surface area contributed by atoms with Crippen LogP contribution in [-0.2, 0) is 4.79 Å². The molecule has 1 aromatic carbocycles. The Morgan fingerprint density at radius 1 is 1.42 bits per heavy atom. The van der Waals surface area contributed by atoms with Gasteiger partial charge < -0.3 is 16.2 Å². The summed E-state index contributed by atoms with van der Waals surface area (Å²) in [5, 5.41) is 12.2. The number of piperazine rings is 1.